The van der Waals surface area contributed by atoms with Crippen molar-refractivity contribution in [3.05, 3.63) is 29.1 Å². The Labute approximate surface area is 119 Å². The number of nitrogens with one attached hydrogen (secondary N) is 1. The second-order valence-electron chi connectivity index (χ2n) is 6.27. The third-order valence-electron chi connectivity index (χ3n) is 4.74. The fourth-order valence-electron chi connectivity index (χ4n) is 3.97. The van der Waals surface area contributed by atoms with Gasteiger partial charge in [-0.3, -0.25) is 0 Å². The highest BCUT2D eigenvalue weighted by atomic mass is 32.2. The molecule has 2 aliphatic rings. The summed E-state index contributed by atoms with van der Waals surface area (Å²) in [5, 5.41) is 0. The van der Waals surface area contributed by atoms with Crippen molar-refractivity contribution in [1.82, 2.24) is 4.72 Å². The van der Waals surface area contributed by atoms with Gasteiger partial charge in [-0.15, -0.1) is 0 Å². The van der Waals surface area contributed by atoms with Gasteiger partial charge < -0.3 is 0 Å². The predicted molar refractivity (Wildman–Crippen MR) is 75.4 cm³/mol. The Balaban J connectivity index is 1.89. The molecule has 0 saturated heterocycles. The van der Waals surface area contributed by atoms with Crippen LogP contribution < -0.4 is 4.72 Å². The number of rotatable bonds is 3. The minimum absolute atomic E-state index is 0.0580. The molecule has 2 aliphatic carbocycles. The third-order valence-corrected chi connectivity index (χ3v) is 6.53. The number of hydrogen-bond donors (Lipinski definition) is 1. The van der Waals surface area contributed by atoms with Crippen LogP contribution in [0.4, 0.5) is 4.39 Å². The normalized spacial score (nSPS) is 29.1. The smallest absolute Gasteiger partial charge is 0.208 e. The molecule has 0 aliphatic heterocycles. The van der Waals surface area contributed by atoms with E-state index in [1.165, 1.54) is 18.6 Å². The van der Waals surface area contributed by atoms with Crippen LogP contribution in [0.25, 0.3) is 0 Å². The van der Waals surface area contributed by atoms with E-state index >= 15 is 0 Å². The second kappa shape index (κ2) is 4.81. The highest BCUT2D eigenvalue weighted by molar-refractivity contribution is 7.89. The zero-order chi connectivity index (χ0) is 14.5. The molecule has 20 heavy (non-hydrogen) atoms. The molecule has 0 aromatic heterocycles. The maximum absolute atomic E-state index is 13.3. The van der Waals surface area contributed by atoms with Crippen molar-refractivity contribution in [2.24, 2.45) is 11.8 Å². The van der Waals surface area contributed by atoms with Gasteiger partial charge in [-0.2, -0.15) is 0 Å². The van der Waals surface area contributed by atoms with Gasteiger partial charge in [-0.05, 0) is 68.2 Å². The van der Waals surface area contributed by atoms with Gasteiger partial charge in [0.1, 0.15) is 5.82 Å². The molecule has 1 aromatic carbocycles. The molecule has 1 N–H and O–H groups in total. The van der Waals surface area contributed by atoms with Crippen molar-refractivity contribution in [2.45, 2.75) is 50.5 Å². The second-order valence-corrected chi connectivity index (χ2v) is 7.92. The van der Waals surface area contributed by atoms with Gasteiger partial charge in [0.15, 0.2) is 0 Å². The highest BCUT2D eigenvalue weighted by Crippen LogP contribution is 2.45. The molecule has 3 rings (SSSR count). The van der Waals surface area contributed by atoms with Gasteiger partial charge in [-0.25, -0.2) is 17.5 Å². The Morgan fingerprint density at radius 3 is 2.30 bits per heavy atom. The van der Waals surface area contributed by atoms with E-state index in [1.807, 2.05) is 0 Å². The molecule has 2 fully saturated rings. The summed E-state index contributed by atoms with van der Waals surface area (Å²) in [6.07, 6.45) is 4.45. The van der Waals surface area contributed by atoms with Crippen molar-refractivity contribution < 1.29 is 12.8 Å². The van der Waals surface area contributed by atoms with Crippen LogP contribution in [0.2, 0.25) is 0 Å². The molecular weight excluding hydrogens is 277 g/mol. The van der Waals surface area contributed by atoms with E-state index < -0.39 is 10.0 Å². The van der Waals surface area contributed by atoms with Crippen LogP contribution in [0, 0.1) is 31.5 Å². The maximum atomic E-state index is 13.3. The molecule has 3 unspecified atom stereocenters. The van der Waals surface area contributed by atoms with Crippen LogP contribution >= 0.6 is 0 Å². The SMILES string of the molecule is Cc1cc(F)cc(C)c1S(=O)(=O)NC1CC2CCC1C2. The standard InChI is InChI=1S/C15H20FNO2S/c1-9-5-13(16)6-10(2)15(9)20(18,19)17-14-8-11-3-4-12(14)7-11/h5-6,11-12,14,17H,3-4,7-8H2,1-2H3. The first-order valence-corrected chi connectivity index (χ1v) is 8.64. The number of fused-ring (bicyclic) bond motifs is 2. The summed E-state index contributed by atoms with van der Waals surface area (Å²) >= 11 is 0. The highest BCUT2D eigenvalue weighted by Gasteiger charge is 2.41. The van der Waals surface area contributed by atoms with Crippen LogP contribution in [-0.4, -0.2) is 14.5 Å². The molecule has 0 amide bonds. The largest absolute Gasteiger partial charge is 0.241 e. The zero-order valence-corrected chi connectivity index (χ0v) is 12.6. The molecular formula is C15H20FNO2S. The van der Waals surface area contributed by atoms with Gasteiger partial charge >= 0.3 is 0 Å². The Bertz CT molecular complexity index is 618. The predicted octanol–water partition coefficient (Wildman–Crippen LogP) is 2.91. The number of aryl methyl sites for hydroxylation is 2. The number of sulfonamides is 1. The first kappa shape index (κ1) is 14.0. The summed E-state index contributed by atoms with van der Waals surface area (Å²) in [7, 11) is -3.56. The summed E-state index contributed by atoms with van der Waals surface area (Å²) in [4.78, 5) is 0.238. The molecule has 2 saturated carbocycles. The lowest BCUT2D eigenvalue weighted by Crippen LogP contribution is -2.39. The zero-order valence-electron chi connectivity index (χ0n) is 11.8. The number of benzene rings is 1. The molecule has 110 valence electrons. The van der Waals surface area contributed by atoms with Crippen molar-refractivity contribution in [1.29, 1.82) is 0 Å². The van der Waals surface area contributed by atoms with Crippen molar-refractivity contribution in [3.8, 4) is 0 Å². The minimum atomic E-state index is -3.56. The lowest BCUT2D eigenvalue weighted by atomic mass is 9.96. The summed E-state index contributed by atoms with van der Waals surface area (Å²) in [6, 6.07) is 2.62. The van der Waals surface area contributed by atoms with Gasteiger partial charge in [0.25, 0.3) is 0 Å². The van der Waals surface area contributed by atoms with E-state index in [0.29, 0.717) is 23.0 Å². The quantitative estimate of drug-likeness (QED) is 0.932. The van der Waals surface area contributed by atoms with Crippen LogP contribution in [0.3, 0.4) is 0 Å². The van der Waals surface area contributed by atoms with E-state index in [9.17, 15) is 12.8 Å². The maximum Gasteiger partial charge on any atom is 0.241 e. The van der Waals surface area contributed by atoms with Gasteiger partial charge in [0.05, 0.1) is 4.90 Å². The fourth-order valence-corrected chi connectivity index (χ4v) is 5.74. The molecule has 3 nitrogen and oxygen atoms in total. The Morgan fingerprint density at radius 2 is 1.80 bits per heavy atom. The summed E-state index contributed by atoms with van der Waals surface area (Å²) in [5.74, 6) is 0.776. The molecule has 0 spiro atoms. The van der Waals surface area contributed by atoms with Crippen LogP contribution in [0.1, 0.15) is 36.8 Å². The van der Waals surface area contributed by atoms with E-state index in [0.717, 1.165) is 19.3 Å². The fraction of sp³-hybridized carbons (Fsp3) is 0.600. The average Bonchev–Trinajstić information content (AvgIpc) is 2.87. The first-order chi connectivity index (χ1) is 9.37. The lowest BCUT2D eigenvalue weighted by molar-refractivity contribution is 0.390. The summed E-state index contributed by atoms with van der Waals surface area (Å²) in [6.45, 7) is 3.29. The van der Waals surface area contributed by atoms with Gasteiger partial charge in [0.2, 0.25) is 10.0 Å². The Hall–Kier alpha value is -0.940. The monoisotopic (exact) mass is 297 g/mol. The van der Waals surface area contributed by atoms with Gasteiger partial charge in [0, 0.05) is 6.04 Å². The molecule has 0 heterocycles. The number of hydrogen-bond acceptors (Lipinski definition) is 2. The topological polar surface area (TPSA) is 46.2 Å². The molecule has 1 aromatic rings. The van der Waals surface area contributed by atoms with Crippen LogP contribution in [-0.2, 0) is 10.0 Å². The minimum Gasteiger partial charge on any atom is -0.208 e. The Kier molecular flexibility index (Phi) is 3.37. The lowest BCUT2D eigenvalue weighted by Gasteiger charge is -2.23. The van der Waals surface area contributed by atoms with E-state index in [1.54, 1.807) is 13.8 Å². The van der Waals surface area contributed by atoms with E-state index in [4.69, 9.17) is 0 Å². The third kappa shape index (κ3) is 2.37. The summed E-state index contributed by atoms with van der Waals surface area (Å²) < 4.78 is 41.3. The van der Waals surface area contributed by atoms with Crippen molar-refractivity contribution >= 4 is 10.0 Å². The first-order valence-electron chi connectivity index (χ1n) is 7.16. The molecule has 2 bridgehead atoms. The van der Waals surface area contributed by atoms with Crippen LogP contribution in [0.15, 0.2) is 17.0 Å². The number of halogens is 1. The van der Waals surface area contributed by atoms with Crippen molar-refractivity contribution in [2.75, 3.05) is 0 Å². The van der Waals surface area contributed by atoms with E-state index in [2.05, 4.69) is 4.72 Å². The van der Waals surface area contributed by atoms with E-state index in [-0.39, 0.29) is 16.8 Å². The summed E-state index contributed by atoms with van der Waals surface area (Å²) in [5.41, 5.74) is 0.941. The Morgan fingerprint density at radius 1 is 1.15 bits per heavy atom. The average molecular weight is 297 g/mol. The molecule has 3 atom stereocenters. The van der Waals surface area contributed by atoms with Gasteiger partial charge in [-0.1, -0.05) is 6.42 Å². The van der Waals surface area contributed by atoms with Crippen LogP contribution in [0.5, 0.6) is 0 Å². The molecule has 0 radical (unpaired) electrons. The molecule has 5 heteroatoms. The van der Waals surface area contributed by atoms with Crippen molar-refractivity contribution in [3.63, 3.8) is 0 Å².